The van der Waals surface area contributed by atoms with Crippen LogP contribution in [-0.4, -0.2) is 27.6 Å². The van der Waals surface area contributed by atoms with Gasteiger partial charge in [0.15, 0.2) is 12.4 Å². The van der Waals surface area contributed by atoms with Crippen molar-refractivity contribution in [3.8, 4) is 5.75 Å². The minimum Gasteiger partial charge on any atom is -0.484 e. The second kappa shape index (κ2) is 10.6. The lowest BCUT2D eigenvalue weighted by molar-refractivity contribution is 0.101. The molecule has 1 amide bonds. The molecular formula is C25H21N3O4S. The number of nitrogens with zero attached hydrogens (tertiary/aromatic N) is 2. The third kappa shape index (κ3) is 6.30. The van der Waals surface area contributed by atoms with Crippen LogP contribution >= 0.6 is 11.8 Å². The van der Waals surface area contributed by atoms with Crippen molar-refractivity contribution in [1.82, 2.24) is 10.2 Å². The number of rotatable bonds is 9. The molecule has 0 aliphatic rings. The van der Waals surface area contributed by atoms with Crippen LogP contribution in [0.5, 0.6) is 5.75 Å². The Morgan fingerprint density at radius 1 is 0.939 bits per heavy atom. The van der Waals surface area contributed by atoms with Crippen LogP contribution in [0.1, 0.15) is 32.2 Å². The quantitative estimate of drug-likeness (QED) is 0.272. The Balaban J connectivity index is 1.26. The van der Waals surface area contributed by atoms with E-state index in [1.807, 2.05) is 37.3 Å². The van der Waals surface area contributed by atoms with E-state index in [-0.39, 0.29) is 24.1 Å². The Morgan fingerprint density at radius 2 is 1.73 bits per heavy atom. The summed E-state index contributed by atoms with van der Waals surface area (Å²) < 4.78 is 11.2. The lowest BCUT2D eigenvalue weighted by atomic mass is 10.1. The van der Waals surface area contributed by atoms with E-state index in [0.29, 0.717) is 27.9 Å². The average Bonchev–Trinajstić information content (AvgIpc) is 3.30. The van der Waals surface area contributed by atoms with E-state index in [0.717, 1.165) is 11.3 Å². The predicted octanol–water partition coefficient (Wildman–Crippen LogP) is 5.18. The normalized spacial score (nSPS) is 10.6. The molecule has 0 radical (unpaired) electrons. The number of Topliss-reactive ketones (excluding diaryl/α,β-unsaturated/α-hetero) is 1. The number of benzene rings is 3. The van der Waals surface area contributed by atoms with Gasteiger partial charge in [0.1, 0.15) is 5.75 Å². The van der Waals surface area contributed by atoms with E-state index in [2.05, 4.69) is 15.5 Å². The first kappa shape index (κ1) is 22.3. The first-order chi connectivity index (χ1) is 16.1. The highest BCUT2D eigenvalue weighted by molar-refractivity contribution is 7.99. The summed E-state index contributed by atoms with van der Waals surface area (Å²) >= 11 is 1.17. The van der Waals surface area contributed by atoms with Crippen molar-refractivity contribution in [1.29, 1.82) is 0 Å². The molecule has 0 atom stereocenters. The predicted molar refractivity (Wildman–Crippen MR) is 126 cm³/mol. The molecule has 166 valence electrons. The maximum atomic E-state index is 12.5. The molecule has 0 aliphatic heterocycles. The zero-order valence-electron chi connectivity index (χ0n) is 17.9. The van der Waals surface area contributed by atoms with Crippen molar-refractivity contribution in [3.05, 3.63) is 101 Å². The van der Waals surface area contributed by atoms with E-state index in [9.17, 15) is 9.59 Å². The molecule has 33 heavy (non-hydrogen) atoms. The van der Waals surface area contributed by atoms with Crippen molar-refractivity contribution in [3.63, 3.8) is 0 Å². The van der Waals surface area contributed by atoms with E-state index >= 15 is 0 Å². The molecule has 3 aromatic carbocycles. The Hall–Kier alpha value is -3.91. The first-order valence-corrected chi connectivity index (χ1v) is 11.2. The van der Waals surface area contributed by atoms with E-state index in [1.54, 1.807) is 48.5 Å². The van der Waals surface area contributed by atoms with E-state index in [1.165, 1.54) is 11.8 Å². The number of thioether (sulfide) groups is 1. The number of amides is 1. The molecule has 7 nitrogen and oxygen atoms in total. The number of hydrogen-bond donors (Lipinski definition) is 1. The van der Waals surface area contributed by atoms with Gasteiger partial charge in [0.25, 0.3) is 17.0 Å². The molecule has 0 fully saturated rings. The molecule has 0 spiro atoms. The van der Waals surface area contributed by atoms with Gasteiger partial charge in [0.05, 0.1) is 5.75 Å². The monoisotopic (exact) mass is 459 g/mol. The largest absolute Gasteiger partial charge is 0.484 e. The van der Waals surface area contributed by atoms with Crippen molar-refractivity contribution in [2.75, 3.05) is 11.1 Å². The molecule has 1 aromatic heterocycles. The number of ketones is 1. The first-order valence-electron chi connectivity index (χ1n) is 10.2. The van der Waals surface area contributed by atoms with Crippen LogP contribution in [0, 0.1) is 6.92 Å². The number of ether oxygens (including phenoxy) is 1. The topological polar surface area (TPSA) is 94.3 Å². The summed E-state index contributed by atoms with van der Waals surface area (Å²) in [6, 6.07) is 23.4. The van der Waals surface area contributed by atoms with Crippen molar-refractivity contribution < 1.29 is 18.7 Å². The van der Waals surface area contributed by atoms with Crippen molar-refractivity contribution in [2.24, 2.45) is 0 Å². The Kier molecular flexibility index (Phi) is 7.16. The molecule has 0 aliphatic carbocycles. The third-order valence-electron chi connectivity index (χ3n) is 4.63. The number of nitrogens with one attached hydrogen (secondary N) is 1. The van der Waals surface area contributed by atoms with Gasteiger partial charge in [-0.3, -0.25) is 9.59 Å². The summed E-state index contributed by atoms with van der Waals surface area (Å²) in [5.41, 5.74) is 2.81. The molecule has 0 saturated carbocycles. The fraction of sp³-hybridized carbons (Fsp3) is 0.120. The average molecular weight is 460 g/mol. The van der Waals surface area contributed by atoms with Gasteiger partial charge in [-0.2, -0.15) is 0 Å². The van der Waals surface area contributed by atoms with Crippen LogP contribution in [-0.2, 0) is 6.61 Å². The van der Waals surface area contributed by atoms with Crippen LogP contribution in [0.15, 0.2) is 88.5 Å². The minimum atomic E-state index is -0.205. The lowest BCUT2D eigenvalue weighted by Crippen LogP contribution is -2.11. The molecule has 1 heterocycles. The van der Waals surface area contributed by atoms with Gasteiger partial charge in [0.2, 0.25) is 0 Å². The number of carbonyl (C=O) groups is 2. The molecule has 4 aromatic rings. The molecule has 0 saturated heterocycles. The van der Waals surface area contributed by atoms with Crippen LogP contribution < -0.4 is 10.1 Å². The van der Waals surface area contributed by atoms with Crippen LogP contribution in [0.4, 0.5) is 5.69 Å². The smallest absolute Gasteiger partial charge is 0.277 e. The van der Waals surface area contributed by atoms with Gasteiger partial charge in [0, 0.05) is 16.8 Å². The summed E-state index contributed by atoms with van der Waals surface area (Å²) in [4.78, 5) is 24.7. The zero-order valence-corrected chi connectivity index (χ0v) is 18.7. The fourth-order valence-corrected chi connectivity index (χ4v) is 3.62. The van der Waals surface area contributed by atoms with Gasteiger partial charge < -0.3 is 14.5 Å². The molecule has 0 bridgehead atoms. The highest BCUT2D eigenvalue weighted by atomic mass is 32.2. The minimum absolute atomic E-state index is 0.0864. The maximum Gasteiger partial charge on any atom is 0.277 e. The SMILES string of the molecule is Cc1cccc(OCc2nnc(SCC(=O)c3ccc(NC(=O)c4ccccc4)cc3)o2)c1. The van der Waals surface area contributed by atoms with Crippen LogP contribution in [0.3, 0.4) is 0 Å². The van der Waals surface area contributed by atoms with Crippen molar-refractivity contribution >= 4 is 29.1 Å². The summed E-state index contributed by atoms with van der Waals surface area (Å²) in [6.07, 6.45) is 0. The summed E-state index contributed by atoms with van der Waals surface area (Å²) in [5.74, 6) is 0.919. The van der Waals surface area contributed by atoms with Gasteiger partial charge in [-0.1, -0.05) is 42.1 Å². The third-order valence-corrected chi connectivity index (χ3v) is 5.45. The van der Waals surface area contributed by atoms with Crippen LogP contribution in [0.2, 0.25) is 0 Å². The van der Waals surface area contributed by atoms with E-state index < -0.39 is 0 Å². The Bertz CT molecular complexity index is 1240. The number of carbonyl (C=O) groups excluding carboxylic acids is 2. The Labute approximate surface area is 195 Å². The molecular weight excluding hydrogens is 438 g/mol. The summed E-state index contributed by atoms with van der Waals surface area (Å²) in [6.45, 7) is 2.14. The van der Waals surface area contributed by atoms with Crippen molar-refractivity contribution in [2.45, 2.75) is 18.8 Å². The lowest BCUT2D eigenvalue weighted by Gasteiger charge is -2.06. The van der Waals surface area contributed by atoms with Gasteiger partial charge >= 0.3 is 0 Å². The van der Waals surface area contributed by atoms with Gasteiger partial charge in [-0.15, -0.1) is 10.2 Å². The second-order valence-corrected chi connectivity index (χ2v) is 8.10. The van der Waals surface area contributed by atoms with E-state index in [4.69, 9.17) is 9.15 Å². The number of hydrogen-bond acceptors (Lipinski definition) is 7. The second-order valence-electron chi connectivity index (χ2n) is 7.18. The van der Waals surface area contributed by atoms with Gasteiger partial charge in [-0.05, 0) is 61.0 Å². The number of anilines is 1. The molecule has 1 N–H and O–H groups in total. The Morgan fingerprint density at radius 3 is 2.48 bits per heavy atom. The molecule has 8 heteroatoms. The number of aryl methyl sites for hydroxylation is 1. The van der Waals surface area contributed by atoms with Crippen LogP contribution in [0.25, 0.3) is 0 Å². The standard InChI is InChI=1S/C25H21N3O4S/c1-17-6-5-9-21(14-17)31-15-23-27-28-25(32-23)33-16-22(29)18-10-12-20(13-11-18)26-24(30)19-7-3-2-4-8-19/h2-14H,15-16H2,1H3,(H,26,30). The maximum absolute atomic E-state index is 12.5. The highest BCUT2D eigenvalue weighted by Crippen LogP contribution is 2.20. The number of aromatic nitrogens is 2. The zero-order chi connectivity index (χ0) is 23.0. The summed E-state index contributed by atoms with van der Waals surface area (Å²) in [5, 5.41) is 11.0. The highest BCUT2D eigenvalue weighted by Gasteiger charge is 2.12. The molecule has 4 rings (SSSR count). The summed E-state index contributed by atoms with van der Waals surface area (Å²) in [7, 11) is 0. The van der Waals surface area contributed by atoms with Gasteiger partial charge in [-0.25, -0.2) is 0 Å². The molecule has 0 unspecified atom stereocenters. The fourth-order valence-electron chi connectivity index (χ4n) is 2.95.